The Balaban J connectivity index is 2.74. The Hall–Kier alpha value is -1.57. The normalized spacial score (nSPS) is 11.8. The van der Waals surface area contributed by atoms with Crippen molar-refractivity contribution in [3.05, 3.63) is 29.8 Å². The van der Waals surface area contributed by atoms with Crippen LogP contribution in [0.3, 0.4) is 0 Å². The third-order valence-corrected chi connectivity index (χ3v) is 1.64. The highest BCUT2D eigenvalue weighted by Crippen LogP contribution is 2.18. The molecule has 0 heterocycles. The minimum absolute atomic E-state index is 0.145. The molecule has 1 N–H and O–H groups in total. The molecule has 14 heavy (non-hydrogen) atoms. The summed E-state index contributed by atoms with van der Waals surface area (Å²) in [5.74, 6) is 0.568. The first-order chi connectivity index (χ1) is 6.77. The van der Waals surface area contributed by atoms with E-state index < -0.39 is 6.10 Å². The van der Waals surface area contributed by atoms with Gasteiger partial charge in [0.1, 0.15) is 5.75 Å². The number of nitrogens with zero attached hydrogens (tertiary/aromatic N) is 1. The number of rotatable bonds is 4. The zero-order valence-electron chi connectivity index (χ0n) is 7.80. The van der Waals surface area contributed by atoms with Crippen molar-refractivity contribution in [3.8, 4) is 11.8 Å². The van der Waals surface area contributed by atoms with Crippen LogP contribution in [-0.4, -0.2) is 19.0 Å². The summed E-state index contributed by atoms with van der Waals surface area (Å²) < 4.78 is 9.87. The Kier molecular flexibility index (Phi) is 3.92. The summed E-state index contributed by atoms with van der Waals surface area (Å²) in [4.78, 5) is 0. The molecule has 1 rings (SSSR count). The van der Waals surface area contributed by atoms with Gasteiger partial charge in [0.25, 0.3) is 0 Å². The van der Waals surface area contributed by atoms with E-state index in [2.05, 4.69) is 0 Å². The molecular weight excluding hydrogens is 182 g/mol. The summed E-state index contributed by atoms with van der Waals surface area (Å²) in [6.07, 6.45) is -1.11. The molecule has 74 valence electrons. The molecule has 0 aromatic heterocycles. The van der Waals surface area contributed by atoms with Crippen molar-refractivity contribution in [3.63, 3.8) is 0 Å². The first-order valence-corrected chi connectivity index (χ1v) is 4.07. The van der Waals surface area contributed by atoms with Gasteiger partial charge in [-0.15, -0.1) is 0 Å². The number of aliphatic hydroxyl groups is 1. The number of nitriles is 1. The number of aliphatic hydroxyl groups excluding tert-OH is 1. The van der Waals surface area contributed by atoms with Crippen LogP contribution in [-0.2, 0) is 4.74 Å². The lowest BCUT2D eigenvalue weighted by atomic mass is 10.1. The van der Waals surface area contributed by atoms with E-state index in [-0.39, 0.29) is 6.79 Å². The second-order valence-electron chi connectivity index (χ2n) is 2.65. The van der Waals surface area contributed by atoms with Crippen molar-refractivity contribution in [2.45, 2.75) is 6.10 Å². The Bertz CT molecular complexity index is 332. The van der Waals surface area contributed by atoms with Crippen LogP contribution in [0.1, 0.15) is 11.7 Å². The van der Waals surface area contributed by atoms with Crippen LogP contribution >= 0.6 is 0 Å². The third-order valence-electron chi connectivity index (χ3n) is 1.64. The molecule has 0 bridgehead atoms. The molecule has 0 aliphatic rings. The average Bonchev–Trinajstić information content (AvgIpc) is 2.25. The number of hydrogen-bond donors (Lipinski definition) is 1. The van der Waals surface area contributed by atoms with Crippen molar-refractivity contribution in [2.75, 3.05) is 13.9 Å². The molecule has 0 aliphatic heterocycles. The maximum absolute atomic E-state index is 9.23. The van der Waals surface area contributed by atoms with Crippen molar-refractivity contribution in [2.24, 2.45) is 0 Å². The van der Waals surface area contributed by atoms with Gasteiger partial charge in [-0.2, -0.15) is 5.26 Å². The topological polar surface area (TPSA) is 62.5 Å². The molecule has 1 atom stereocenters. The summed E-state index contributed by atoms with van der Waals surface area (Å²) in [6, 6.07) is 8.44. The van der Waals surface area contributed by atoms with E-state index in [9.17, 15) is 5.11 Å². The maximum Gasteiger partial charge on any atom is 0.188 e. The summed E-state index contributed by atoms with van der Waals surface area (Å²) in [5.41, 5.74) is 0.515. The Morgan fingerprint density at radius 3 is 3.00 bits per heavy atom. The minimum atomic E-state index is -1.11. The van der Waals surface area contributed by atoms with Gasteiger partial charge < -0.3 is 14.6 Å². The number of methoxy groups -OCH3 is 1. The molecule has 1 aromatic rings. The monoisotopic (exact) mass is 193 g/mol. The lowest BCUT2D eigenvalue weighted by Gasteiger charge is -2.07. The summed E-state index contributed by atoms with van der Waals surface area (Å²) in [7, 11) is 1.52. The van der Waals surface area contributed by atoms with E-state index in [1.54, 1.807) is 30.3 Å². The molecule has 0 aliphatic carbocycles. The lowest BCUT2D eigenvalue weighted by Crippen LogP contribution is -2.00. The van der Waals surface area contributed by atoms with Crippen LogP contribution in [0.5, 0.6) is 5.75 Å². The minimum Gasteiger partial charge on any atom is -0.468 e. The van der Waals surface area contributed by atoms with E-state index >= 15 is 0 Å². The van der Waals surface area contributed by atoms with Gasteiger partial charge in [0.2, 0.25) is 0 Å². The van der Waals surface area contributed by atoms with Crippen LogP contribution in [0, 0.1) is 11.3 Å². The van der Waals surface area contributed by atoms with Gasteiger partial charge in [-0.25, -0.2) is 0 Å². The molecule has 0 radical (unpaired) electrons. The quantitative estimate of drug-likeness (QED) is 0.577. The van der Waals surface area contributed by atoms with Gasteiger partial charge in [0.15, 0.2) is 12.9 Å². The van der Waals surface area contributed by atoms with E-state index in [0.29, 0.717) is 11.3 Å². The SMILES string of the molecule is COCOc1cccc([C@@H](O)C#N)c1. The van der Waals surface area contributed by atoms with Crippen molar-refractivity contribution in [1.29, 1.82) is 5.26 Å². The van der Waals surface area contributed by atoms with Gasteiger partial charge in [0, 0.05) is 7.11 Å². The van der Waals surface area contributed by atoms with Crippen LogP contribution in [0.4, 0.5) is 0 Å². The second-order valence-corrected chi connectivity index (χ2v) is 2.65. The van der Waals surface area contributed by atoms with Crippen molar-refractivity contribution < 1.29 is 14.6 Å². The molecule has 4 nitrogen and oxygen atoms in total. The standard InChI is InChI=1S/C10H11NO3/c1-13-7-14-9-4-2-3-8(5-9)10(12)6-11/h2-5,10,12H,7H2,1H3/t10-/m0/s1. The molecule has 0 amide bonds. The fraction of sp³-hybridized carbons (Fsp3) is 0.300. The Morgan fingerprint density at radius 2 is 2.36 bits per heavy atom. The summed E-state index contributed by atoms with van der Waals surface area (Å²) >= 11 is 0. The van der Waals surface area contributed by atoms with Crippen LogP contribution in [0.25, 0.3) is 0 Å². The first kappa shape index (κ1) is 10.5. The molecule has 0 saturated carbocycles. The van der Waals surface area contributed by atoms with Gasteiger partial charge in [-0.05, 0) is 17.7 Å². The number of hydrogen-bond acceptors (Lipinski definition) is 4. The fourth-order valence-electron chi connectivity index (χ4n) is 0.976. The molecule has 0 unspecified atom stereocenters. The predicted molar refractivity (Wildman–Crippen MR) is 49.5 cm³/mol. The predicted octanol–water partition coefficient (Wildman–Crippen LogP) is 1.23. The zero-order chi connectivity index (χ0) is 10.4. The fourth-order valence-corrected chi connectivity index (χ4v) is 0.976. The largest absolute Gasteiger partial charge is 0.468 e. The summed E-state index contributed by atoms with van der Waals surface area (Å²) in [6.45, 7) is 0.145. The molecule has 0 spiro atoms. The second kappa shape index (κ2) is 5.22. The smallest absolute Gasteiger partial charge is 0.188 e. The van der Waals surface area contributed by atoms with E-state index in [1.165, 1.54) is 7.11 Å². The van der Waals surface area contributed by atoms with E-state index in [0.717, 1.165) is 0 Å². The van der Waals surface area contributed by atoms with Crippen molar-refractivity contribution in [1.82, 2.24) is 0 Å². The number of benzene rings is 1. The van der Waals surface area contributed by atoms with Gasteiger partial charge in [0.05, 0.1) is 6.07 Å². The molecule has 1 aromatic carbocycles. The van der Waals surface area contributed by atoms with Crippen LogP contribution in [0.2, 0.25) is 0 Å². The Morgan fingerprint density at radius 1 is 1.57 bits per heavy atom. The lowest BCUT2D eigenvalue weighted by molar-refractivity contribution is 0.0509. The van der Waals surface area contributed by atoms with Gasteiger partial charge in [-0.3, -0.25) is 0 Å². The highest BCUT2D eigenvalue weighted by Gasteiger charge is 2.05. The van der Waals surface area contributed by atoms with E-state index in [4.69, 9.17) is 14.7 Å². The highest BCUT2D eigenvalue weighted by atomic mass is 16.7. The first-order valence-electron chi connectivity index (χ1n) is 4.07. The molecular formula is C10H11NO3. The summed E-state index contributed by atoms with van der Waals surface area (Å²) in [5, 5.41) is 17.7. The molecule has 0 saturated heterocycles. The highest BCUT2D eigenvalue weighted by molar-refractivity contribution is 5.31. The average molecular weight is 193 g/mol. The third kappa shape index (κ3) is 2.73. The Labute approximate surface area is 82.3 Å². The van der Waals surface area contributed by atoms with Crippen LogP contribution < -0.4 is 4.74 Å². The number of ether oxygens (including phenoxy) is 2. The molecule has 0 fully saturated rings. The van der Waals surface area contributed by atoms with Gasteiger partial charge >= 0.3 is 0 Å². The van der Waals surface area contributed by atoms with E-state index in [1.807, 2.05) is 0 Å². The van der Waals surface area contributed by atoms with Gasteiger partial charge in [-0.1, -0.05) is 12.1 Å². The van der Waals surface area contributed by atoms with Crippen molar-refractivity contribution >= 4 is 0 Å². The van der Waals surface area contributed by atoms with Crippen LogP contribution in [0.15, 0.2) is 24.3 Å². The molecule has 4 heteroatoms. The maximum atomic E-state index is 9.23. The zero-order valence-corrected chi connectivity index (χ0v) is 7.80.